The van der Waals surface area contributed by atoms with Crippen molar-refractivity contribution < 1.29 is 30.0 Å². The Hall–Kier alpha value is -2.71. The lowest BCUT2D eigenvalue weighted by atomic mass is 10.0. The molecule has 0 amide bonds. The van der Waals surface area contributed by atoms with Gasteiger partial charge in [0.05, 0.1) is 12.2 Å². The molecule has 1 aromatic heterocycles. The lowest BCUT2D eigenvalue weighted by Gasteiger charge is -2.15. The zero-order chi connectivity index (χ0) is 22.2. The van der Waals surface area contributed by atoms with Gasteiger partial charge in [-0.1, -0.05) is 48.6 Å². The van der Waals surface area contributed by atoms with Gasteiger partial charge in [0.15, 0.2) is 0 Å². The van der Waals surface area contributed by atoms with Gasteiger partial charge in [0.1, 0.15) is 18.5 Å². The summed E-state index contributed by atoms with van der Waals surface area (Å²) in [4.78, 5) is 11.3. The van der Waals surface area contributed by atoms with Crippen molar-refractivity contribution in [2.24, 2.45) is 0 Å². The van der Waals surface area contributed by atoms with Gasteiger partial charge in [0.2, 0.25) is 0 Å². The van der Waals surface area contributed by atoms with Crippen LogP contribution in [0.2, 0.25) is 0 Å². The topological polar surface area (TPSA) is 107 Å². The second kappa shape index (κ2) is 11.1. The normalized spacial score (nSPS) is 14.5. The van der Waals surface area contributed by atoms with Crippen molar-refractivity contribution in [3.05, 3.63) is 71.1 Å². The van der Waals surface area contributed by atoms with Crippen molar-refractivity contribution in [1.29, 1.82) is 0 Å². The number of carboxylic acids is 1. The Kier molecular flexibility index (Phi) is 8.20. The number of hydrogen-bond donors (Lipinski definition) is 4. The molecule has 0 unspecified atom stereocenters. The quantitative estimate of drug-likeness (QED) is 0.358. The summed E-state index contributed by atoms with van der Waals surface area (Å²) in [5.41, 5.74) is 0.765. The summed E-state index contributed by atoms with van der Waals surface area (Å²) in [5.74, 6) is -0.266. The van der Waals surface area contributed by atoms with E-state index in [1.807, 2.05) is 54.6 Å². The highest BCUT2D eigenvalue weighted by molar-refractivity contribution is 7.19. The lowest BCUT2D eigenvalue weighted by Crippen LogP contribution is -2.23. The number of thiophene rings is 1. The molecular weight excluding hydrogens is 416 g/mol. The van der Waals surface area contributed by atoms with E-state index in [1.54, 1.807) is 6.08 Å². The number of carboxylic acid groups (broad SMARTS) is 1. The lowest BCUT2D eigenvalue weighted by molar-refractivity contribution is -0.137. The molecule has 7 heteroatoms. The zero-order valence-corrected chi connectivity index (χ0v) is 17.7. The number of aliphatic carboxylic acids is 1. The van der Waals surface area contributed by atoms with Gasteiger partial charge in [0.25, 0.3) is 0 Å². The highest BCUT2D eigenvalue weighted by atomic mass is 32.1. The van der Waals surface area contributed by atoms with Gasteiger partial charge in [-0.3, -0.25) is 4.79 Å². The smallest absolute Gasteiger partial charge is 0.303 e. The molecule has 0 aliphatic heterocycles. The van der Waals surface area contributed by atoms with Crippen LogP contribution in [0.4, 0.5) is 0 Å². The Morgan fingerprint density at radius 2 is 1.74 bits per heavy atom. The summed E-state index contributed by atoms with van der Waals surface area (Å²) < 4.78 is 6.69. The Morgan fingerprint density at radius 1 is 1.03 bits per heavy atom. The van der Waals surface area contributed by atoms with Crippen LogP contribution in [-0.2, 0) is 4.79 Å². The van der Waals surface area contributed by atoms with Gasteiger partial charge in [-0.05, 0) is 36.6 Å². The van der Waals surface area contributed by atoms with Gasteiger partial charge in [0, 0.05) is 21.4 Å². The number of ether oxygens (including phenoxy) is 1. The molecule has 0 aliphatic rings. The van der Waals surface area contributed by atoms with Crippen molar-refractivity contribution in [1.82, 2.24) is 0 Å². The molecule has 3 aromatic rings. The van der Waals surface area contributed by atoms with Crippen LogP contribution in [0.5, 0.6) is 5.75 Å². The van der Waals surface area contributed by atoms with Crippen LogP contribution >= 0.6 is 11.3 Å². The number of aliphatic hydroxyl groups is 3. The zero-order valence-electron chi connectivity index (χ0n) is 16.9. The average molecular weight is 443 g/mol. The summed E-state index contributed by atoms with van der Waals surface area (Å²) in [7, 11) is 0. The van der Waals surface area contributed by atoms with Crippen LogP contribution in [0.3, 0.4) is 0 Å². The molecule has 0 spiro atoms. The van der Waals surface area contributed by atoms with E-state index in [4.69, 9.17) is 9.84 Å². The number of carbonyl (C=O) groups is 1. The molecule has 1 heterocycles. The molecule has 3 atom stereocenters. The maximum absolute atomic E-state index is 10.8. The summed E-state index contributed by atoms with van der Waals surface area (Å²) >= 11 is 1.45. The number of benzene rings is 2. The third-order valence-corrected chi connectivity index (χ3v) is 6.15. The minimum atomic E-state index is -1.14. The fourth-order valence-electron chi connectivity index (χ4n) is 3.23. The van der Waals surface area contributed by atoms with E-state index < -0.39 is 24.3 Å². The first-order valence-electron chi connectivity index (χ1n) is 10.1. The van der Waals surface area contributed by atoms with E-state index in [0.717, 1.165) is 15.6 Å². The number of para-hydroxylation sites is 1. The monoisotopic (exact) mass is 442 g/mol. The molecule has 3 rings (SSSR count). The molecular formula is C24H26O6S. The predicted molar refractivity (Wildman–Crippen MR) is 121 cm³/mol. The summed E-state index contributed by atoms with van der Waals surface area (Å²) in [6, 6.07) is 17.0. The Balaban J connectivity index is 1.75. The van der Waals surface area contributed by atoms with Gasteiger partial charge >= 0.3 is 5.97 Å². The largest absolute Gasteiger partial charge is 0.490 e. The minimum Gasteiger partial charge on any atom is -0.490 e. The van der Waals surface area contributed by atoms with Crippen molar-refractivity contribution in [3.63, 3.8) is 0 Å². The summed E-state index contributed by atoms with van der Waals surface area (Å²) in [6.07, 6.45) is 0.523. The fourth-order valence-corrected chi connectivity index (χ4v) is 4.39. The van der Waals surface area contributed by atoms with Crippen molar-refractivity contribution >= 4 is 33.5 Å². The molecule has 0 bridgehead atoms. The predicted octanol–water partition coefficient (Wildman–Crippen LogP) is 4.00. The second-order valence-electron chi connectivity index (χ2n) is 7.22. The van der Waals surface area contributed by atoms with E-state index in [2.05, 4.69) is 0 Å². The van der Waals surface area contributed by atoms with E-state index >= 15 is 0 Å². The van der Waals surface area contributed by atoms with Gasteiger partial charge in [-0.15, -0.1) is 11.3 Å². The number of rotatable bonds is 11. The standard InChI is InChI=1S/C24H26O6S/c25-19(10-6-12-23(28)29)20(26)14-13-18-17-9-4-5-11-22(17)31-24(18)21(27)15-30-16-7-2-1-3-8-16/h1-5,7-9,11,13-14,19-21,25-27H,6,10,12,15H2,(H,28,29)/b14-13+/t19-,20+,21+/m0/s1. The fraction of sp³-hybridized carbons (Fsp3) is 0.292. The first kappa shape index (κ1) is 23.0. The highest BCUT2D eigenvalue weighted by Gasteiger charge is 2.19. The van der Waals surface area contributed by atoms with Gasteiger partial charge in [-0.25, -0.2) is 0 Å². The number of aliphatic hydroxyl groups excluding tert-OH is 3. The molecule has 4 N–H and O–H groups in total. The van der Waals surface area contributed by atoms with Crippen LogP contribution in [0, 0.1) is 0 Å². The van der Waals surface area contributed by atoms with Crippen molar-refractivity contribution in [3.8, 4) is 5.75 Å². The number of hydrogen-bond acceptors (Lipinski definition) is 6. The van der Waals surface area contributed by atoms with Crippen molar-refractivity contribution in [2.75, 3.05) is 6.61 Å². The van der Waals surface area contributed by atoms with E-state index in [9.17, 15) is 20.1 Å². The minimum absolute atomic E-state index is 0.0551. The summed E-state index contributed by atoms with van der Waals surface area (Å²) in [6.45, 7) is 0.0814. The Morgan fingerprint density at radius 3 is 2.48 bits per heavy atom. The molecule has 0 fully saturated rings. The van der Waals surface area contributed by atoms with Crippen LogP contribution < -0.4 is 4.74 Å². The Labute approximate surface area is 184 Å². The molecule has 0 saturated heterocycles. The van der Waals surface area contributed by atoms with Crippen LogP contribution in [-0.4, -0.2) is 45.2 Å². The van der Waals surface area contributed by atoms with E-state index in [0.29, 0.717) is 10.6 Å². The summed E-state index contributed by atoms with van der Waals surface area (Å²) in [5, 5.41) is 40.8. The molecule has 0 aliphatic carbocycles. The van der Waals surface area contributed by atoms with E-state index in [-0.39, 0.29) is 25.9 Å². The third kappa shape index (κ3) is 6.38. The second-order valence-corrected chi connectivity index (χ2v) is 8.30. The third-order valence-electron chi connectivity index (χ3n) is 4.86. The van der Waals surface area contributed by atoms with Crippen molar-refractivity contribution in [2.45, 2.75) is 37.6 Å². The molecule has 2 aromatic carbocycles. The first-order valence-corrected chi connectivity index (χ1v) is 10.9. The average Bonchev–Trinajstić information content (AvgIpc) is 3.15. The molecule has 0 radical (unpaired) electrons. The van der Waals surface area contributed by atoms with E-state index in [1.165, 1.54) is 17.4 Å². The van der Waals surface area contributed by atoms with Crippen LogP contribution in [0.15, 0.2) is 60.7 Å². The first-order chi connectivity index (χ1) is 15.0. The highest BCUT2D eigenvalue weighted by Crippen LogP contribution is 2.36. The maximum Gasteiger partial charge on any atom is 0.303 e. The SMILES string of the molecule is O=C(O)CCC[C@H](O)[C@H](O)/C=C/c1c([C@H](O)COc2ccccc2)sc2ccccc12. The number of fused-ring (bicyclic) bond motifs is 1. The maximum atomic E-state index is 10.8. The molecule has 0 saturated carbocycles. The van der Waals surface area contributed by atoms with Crippen LogP contribution in [0.25, 0.3) is 16.2 Å². The van der Waals surface area contributed by atoms with Gasteiger partial charge in [-0.2, -0.15) is 0 Å². The van der Waals surface area contributed by atoms with Crippen LogP contribution in [0.1, 0.15) is 35.8 Å². The molecule has 31 heavy (non-hydrogen) atoms. The molecule has 164 valence electrons. The van der Waals surface area contributed by atoms with Gasteiger partial charge < -0.3 is 25.2 Å². The Bertz CT molecular complexity index is 1010. The molecule has 6 nitrogen and oxygen atoms in total.